The van der Waals surface area contributed by atoms with Gasteiger partial charge in [-0.15, -0.1) is 11.6 Å². The first-order valence-electron chi connectivity index (χ1n) is 3.00. The minimum absolute atomic E-state index is 0.0431. The van der Waals surface area contributed by atoms with Gasteiger partial charge in [0.1, 0.15) is 5.82 Å². The average Bonchev–Trinajstić information content (AvgIpc) is 2.03. The molecule has 0 N–H and O–H groups in total. The Bertz CT molecular complexity index is 318. The minimum Gasteiger partial charge on any atom is -0.358 e. The van der Waals surface area contributed by atoms with Gasteiger partial charge < -0.3 is 10.1 Å². The van der Waals surface area contributed by atoms with E-state index in [0.29, 0.717) is 0 Å². The normalized spacial score (nSPS) is 9.83. The summed E-state index contributed by atoms with van der Waals surface area (Å²) in [6.07, 6.45) is 0. The van der Waals surface area contributed by atoms with Crippen molar-refractivity contribution in [1.82, 2.24) is 4.98 Å². The van der Waals surface area contributed by atoms with Crippen LogP contribution < -0.4 is 0 Å². The van der Waals surface area contributed by atoms with Crippen LogP contribution in [0.5, 0.6) is 0 Å². The fourth-order valence-electron chi connectivity index (χ4n) is 0.698. The van der Waals surface area contributed by atoms with Gasteiger partial charge in [-0.1, -0.05) is 0 Å². The summed E-state index contributed by atoms with van der Waals surface area (Å²) in [6, 6.07) is 1.80. The molecule has 1 rings (SSSR count). The second kappa shape index (κ2) is 3.44. The van der Waals surface area contributed by atoms with Gasteiger partial charge in [-0.25, -0.2) is 4.39 Å². The maximum absolute atomic E-state index is 12.6. The molecular weight excluding hydrogens is 187 g/mol. The van der Waals surface area contributed by atoms with E-state index in [1.165, 1.54) is 0 Å². The smallest absolute Gasteiger partial charge is 0.358 e. The van der Waals surface area contributed by atoms with Crippen LogP contribution in [0, 0.1) is 15.9 Å². The van der Waals surface area contributed by atoms with Crippen molar-refractivity contribution in [2.45, 2.75) is 5.88 Å². The van der Waals surface area contributed by atoms with E-state index in [9.17, 15) is 14.5 Å². The third-order valence-corrected chi connectivity index (χ3v) is 1.43. The van der Waals surface area contributed by atoms with Crippen LogP contribution in [-0.4, -0.2) is 9.91 Å². The Hall–Kier alpha value is -1.23. The molecule has 1 heterocycles. The van der Waals surface area contributed by atoms with E-state index < -0.39 is 16.6 Å². The molecule has 0 saturated heterocycles. The average molecular weight is 191 g/mol. The van der Waals surface area contributed by atoms with Gasteiger partial charge in [0.25, 0.3) is 0 Å². The lowest BCUT2D eigenvalue weighted by molar-refractivity contribution is -0.389. The van der Waals surface area contributed by atoms with Crippen molar-refractivity contribution in [2.24, 2.45) is 0 Å². The molecule has 0 saturated carbocycles. The highest BCUT2D eigenvalue weighted by Gasteiger charge is 2.11. The van der Waals surface area contributed by atoms with Crippen LogP contribution in [0.2, 0.25) is 0 Å². The van der Waals surface area contributed by atoms with Crippen molar-refractivity contribution in [3.8, 4) is 0 Å². The molecular formula is C6H4ClFN2O2. The highest BCUT2D eigenvalue weighted by Crippen LogP contribution is 2.12. The van der Waals surface area contributed by atoms with Gasteiger partial charge in [0.05, 0.1) is 11.9 Å². The van der Waals surface area contributed by atoms with Gasteiger partial charge in [-0.2, -0.15) is 0 Å². The number of pyridine rings is 1. The van der Waals surface area contributed by atoms with Crippen molar-refractivity contribution in [2.75, 3.05) is 0 Å². The number of nitrogens with zero attached hydrogens (tertiary/aromatic N) is 2. The summed E-state index contributed by atoms with van der Waals surface area (Å²) in [6.45, 7) is 0. The zero-order valence-electron chi connectivity index (χ0n) is 5.83. The van der Waals surface area contributed by atoms with Crippen LogP contribution in [0.4, 0.5) is 10.2 Å². The zero-order valence-corrected chi connectivity index (χ0v) is 6.58. The number of hydrogen-bond donors (Lipinski definition) is 0. The molecule has 0 aliphatic rings. The van der Waals surface area contributed by atoms with Crippen LogP contribution >= 0.6 is 11.6 Å². The second-order valence-corrected chi connectivity index (χ2v) is 2.29. The maximum Gasteiger partial charge on any atom is 0.366 e. The predicted octanol–water partition coefficient (Wildman–Crippen LogP) is 1.87. The van der Waals surface area contributed by atoms with Crippen LogP contribution in [0.15, 0.2) is 12.1 Å². The largest absolute Gasteiger partial charge is 0.366 e. The molecule has 1 aromatic rings. The van der Waals surface area contributed by atoms with E-state index in [-0.39, 0.29) is 11.6 Å². The summed E-state index contributed by atoms with van der Waals surface area (Å²) in [7, 11) is 0. The van der Waals surface area contributed by atoms with E-state index in [0.717, 1.165) is 12.1 Å². The Morgan fingerprint density at radius 2 is 2.33 bits per heavy atom. The molecule has 4 nitrogen and oxygen atoms in total. The van der Waals surface area contributed by atoms with E-state index in [2.05, 4.69) is 4.98 Å². The number of nitro groups is 1. The van der Waals surface area contributed by atoms with Gasteiger partial charge in [0.15, 0.2) is 5.69 Å². The van der Waals surface area contributed by atoms with E-state index in [4.69, 9.17) is 11.6 Å². The molecule has 0 unspecified atom stereocenters. The summed E-state index contributed by atoms with van der Waals surface area (Å²) >= 11 is 5.32. The van der Waals surface area contributed by atoms with Gasteiger partial charge in [0.2, 0.25) is 0 Å². The molecule has 0 aliphatic carbocycles. The summed E-state index contributed by atoms with van der Waals surface area (Å²) in [4.78, 5) is 12.9. The monoisotopic (exact) mass is 190 g/mol. The van der Waals surface area contributed by atoms with Crippen molar-refractivity contribution in [1.29, 1.82) is 0 Å². The highest BCUT2D eigenvalue weighted by molar-refractivity contribution is 6.16. The number of halogens is 2. The first-order chi connectivity index (χ1) is 5.63. The molecule has 0 amide bonds. The summed E-state index contributed by atoms with van der Waals surface area (Å²) in [5, 5.41) is 10.2. The first-order valence-corrected chi connectivity index (χ1v) is 3.53. The predicted molar refractivity (Wildman–Crippen MR) is 40.4 cm³/mol. The van der Waals surface area contributed by atoms with Gasteiger partial charge in [-0.05, 0) is 9.91 Å². The third kappa shape index (κ3) is 1.88. The number of aromatic nitrogens is 1. The molecule has 0 aromatic carbocycles. The second-order valence-electron chi connectivity index (χ2n) is 2.03. The molecule has 1 aromatic heterocycles. The van der Waals surface area contributed by atoms with Crippen molar-refractivity contribution >= 4 is 17.4 Å². The van der Waals surface area contributed by atoms with Crippen molar-refractivity contribution < 1.29 is 9.31 Å². The van der Waals surface area contributed by atoms with E-state index >= 15 is 0 Å². The Morgan fingerprint density at radius 3 is 2.83 bits per heavy atom. The Morgan fingerprint density at radius 1 is 1.67 bits per heavy atom. The first kappa shape index (κ1) is 8.86. The molecule has 0 radical (unpaired) electrons. The fraction of sp³-hybridized carbons (Fsp3) is 0.167. The quantitative estimate of drug-likeness (QED) is 0.406. The van der Waals surface area contributed by atoms with E-state index in [1.54, 1.807) is 0 Å². The summed E-state index contributed by atoms with van der Waals surface area (Å²) in [5.74, 6) is -1.27. The Balaban J connectivity index is 3.15. The molecule has 64 valence electrons. The van der Waals surface area contributed by atoms with Crippen LogP contribution in [-0.2, 0) is 5.88 Å². The minimum atomic E-state index is -0.765. The van der Waals surface area contributed by atoms with Gasteiger partial charge in [-0.3, -0.25) is 0 Å². The van der Waals surface area contributed by atoms with Crippen LogP contribution in [0.3, 0.4) is 0 Å². The van der Waals surface area contributed by atoms with Crippen LogP contribution in [0.1, 0.15) is 5.69 Å². The third-order valence-electron chi connectivity index (χ3n) is 1.15. The molecule has 0 spiro atoms. The molecule has 6 heteroatoms. The molecule has 0 fully saturated rings. The highest BCUT2D eigenvalue weighted by atomic mass is 35.5. The van der Waals surface area contributed by atoms with Crippen molar-refractivity contribution in [3.05, 3.63) is 33.8 Å². The lowest BCUT2D eigenvalue weighted by atomic mass is 10.3. The number of rotatable bonds is 2. The SMILES string of the molecule is O=[N+]([O-])c1cc(F)cc(CCl)n1. The molecule has 0 bridgehead atoms. The zero-order chi connectivity index (χ0) is 9.14. The Labute approximate surface area is 72.1 Å². The topological polar surface area (TPSA) is 56.0 Å². The van der Waals surface area contributed by atoms with Crippen molar-refractivity contribution in [3.63, 3.8) is 0 Å². The summed E-state index contributed by atoms with van der Waals surface area (Å²) in [5.41, 5.74) is 0.156. The Kier molecular flexibility index (Phi) is 2.54. The maximum atomic E-state index is 12.6. The lowest BCUT2D eigenvalue weighted by Crippen LogP contribution is -1.96. The number of hydrogen-bond acceptors (Lipinski definition) is 3. The van der Waals surface area contributed by atoms with Gasteiger partial charge >= 0.3 is 5.82 Å². The molecule has 0 aliphatic heterocycles. The lowest BCUT2D eigenvalue weighted by Gasteiger charge is -1.93. The van der Waals surface area contributed by atoms with E-state index in [1.807, 2.05) is 0 Å². The number of alkyl halides is 1. The molecule has 0 atom stereocenters. The fourth-order valence-corrected chi connectivity index (χ4v) is 0.835. The standard InChI is InChI=1S/C6H4ClFN2O2/c7-3-5-1-4(8)2-6(9-5)10(11)12/h1-2H,3H2. The molecule has 12 heavy (non-hydrogen) atoms. The summed E-state index contributed by atoms with van der Waals surface area (Å²) < 4.78 is 12.6. The van der Waals surface area contributed by atoms with Gasteiger partial charge in [0, 0.05) is 6.07 Å². The van der Waals surface area contributed by atoms with Crippen LogP contribution in [0.25, 0.3) is 0 Å².